The Morgan fingerprint density at radius 2 is 1.55 bits per heavy atom. The number of aliphatic hydroxyl groups excluding tert-OH is 3. The molecule has 1 unspecified atom stereocenters. The van der Waals surface area contributed by atoms with Gasteiger partial charge >= 0.3 is 17.9 Å². The van der Waals surface area contributed by atoms with Crippen LogP contribution in [0.2, 0.25) is 0 Å². The Bertz CT molecular complexity index is 1170. The highest BCUT2D eigenvalue weighted by Crippen LogP contribution is 2.29. The molecule has 0 amide bonds. The number of cyclic esters (lactones) is 1. The van der Waals surface area contributed by atoms with Crippen LogP contribution in [0.15, 0.2) is 47.3 Å². The second-order valence-corrected chi connectivity index (χ2v) is 13.2. The Balaban J connectivity index is 2.59. The normalized spacial score (nSPS) is 19.1. The number of rotatable bonds is 23. The van der Waals surface area contributed by atoms with Gasteiger partial charge in [-0.1, -0.05) is 65.3 Å². The van der Waals surface area contributed by atoms with Crippen molar-refractivity contribution in [2.24, 2.45) is 23.7 Å². The fraction of sp³-hybridized carbons (Fsp3) is 0.676. The van der Waals surface area contributed by atoms with Crippen LogP contribution < -0.4 is 0 Å². The number of carbonyl (C=O) groups is 4. The Labute approximate surface area is 280 Å². The zero-order chi connectivity index (χ0) is 35.8. The average Bonchev–Trinajstić information content (AvgIpc) is 3.25. The largest absolute Gasteiger partial charge is 0.478 e. The highest BCUT2D eigenvalue weighted by Gasteiger charge is 2.35. The summed E-state index contributed by atoms with van der Waals surface area (Å²) in [5, 5.41) is 41.1. The summed E-state index contributed by atoms with van der Waals surface area (Å²) < 4.78 is 10.4. The first-order valence-corrected chi connectivity index (χ1v) is 17.0. The van der Waals surface area contributed by atoms with Gasteiger partial charge in [0.25, 0.3) is 0 Å². The minimum absolute atomic E-state index is 0.0330. The predicted octanol–water partition coefficient (Wildman–Crippen LogP) is 5.99. The first-order chi connectivity index (χ1) is 22.0. The van der Waals surface area contributed by atoms with Gasteiger partial charge in [0.1, 0.15) is 17.6 Å². The number of esters is 2. The van der Waals surface area contributed by atoms with Crippen LogP contribution in [0.5, 0.6) is 0 Å². The molecule has 1 heterocycles. The summed E-state index contributed by atoms with van der Waals surface area (Å²) in [5.41, 5.74) is 1.34. The highest BCUT2D eigenvalue weighted by atomic mass is 16.5. The summed E-state index contributed by atoms with van der Waals surface area (Å²) in [6, 6.07) is 0. The summed E-state index contributed by atoms with van der Waals surface area (Å²) in [6.45, 7) is 16.7. The van der Waals surface area contributed by atoms with Crippen molar-refractivity contribution < 1.29 is 49.1 Å². The van der Waals surface area contributed by atoms with Crippen LogP contribution in [0.1, 0.15) is 113 Å². The molecule has 0 radical (unpaired) electrons. The number of aliphatic hydroxyl groups is 3. The molecule has 10 nitrogen and oxygen atoms in total. The fourth-order valence-corrected chi connectivity index (χ4v) is 6.06. The van der Waals surface area contributed by atoms with Gasteiger partial charge in [-0.3, -0.25) is 9.59 Å². The van der Waals surface area contributed by atoms with E-state index in [0.717, 1.165) is 43.8 Å². The lowest BCUT2D eigenvalue weighted by atomic mass is 9.84. The topological polar surface area (TPSA) is 168 Å². The van der Waals surface area contributed by atoms with Crippen molar-refractivity contribution in [2.45, 2.75) is 137 Å². The molecule has 10 heteroatoms. The minimum atomic E-state index is -1.42. The second-order valence-electron chi connectivity index (χ2n) is 13.2. The molecule has 1 rings (SSSR count). The van der Waals surface area contributed by atoms with Crippen LogP contribution in [0, 0.1) is 23.7 Å². The molecular formula is C37H58O10. The van der Waals surface area contributed by atoms with Crippen molar-refractivity contribution in [1.29, 1.82) is 0 Å². The van der Waals surface area contributed by atoms with E-state index in [1.54, 1.807) is 26.8 Å². The van der Waals surface area contributed by atoms with Crippen molar-refractivity contribution in [3.05, 3.63) is 47.3 Å². The number of Topliss-reactive ketones (excluding diaryl/α,β-unsaturated/α-hetero) is 1. The maximum Gasteiger partial charge on any atom is 0.342 e. The molecule has 0 aromatic rings. The maximum absolute atomic E-state index is 13.1. The van der Waals surface area contributed by atoms with Crippen molar-refractivity contribution in [1.82, 2.24) is 0 Å². The first kappa shape index (κ1) is 41.9. The van der Waals surface area contributed by atoms with Gasteiger partial charge in [-0.15, -0.1) is 0 Å². The lowest BCUT2D eigenvalue weighted by molar-refractivity contribution is -0.155. The molecule has 1 aliphatic rings. The Kier molecular flexibility index (Phi) is 18.7. The summed E-state index contributed by atoms with van der Waals surface area (Å²) in [4.78, 5) is 48.4. The van der Waals surface area contributed by atoms with Gasteiger partial charge in [0.05, 0.1) is 30.3 Å². The Hall–Kier alpha value is -3.08. The number of ether oxygens (including phenoxy) is 2. The van der Waals surface area contributed by atoms with Crippen LogP contribution in [-0.4, -0.2) is 68.5 Å². The van der Waals surface area contributed by atoms with Crippen LogP contribution in [0.3, 0.4) is 0 Å². The second kappa shape index (κ2) is 21.0. The van der Waals surface area contributed by atoms with Crippen LogP contribution in [0.4, 0.5) is 0 Å². The number of carboxylic acid groups (broad SMARTS) is 1. The van der Waals surface area contributed by atoms with Gasteiger partial charge < -0.3 is 29.9 Å². The van der Waals surface area contributed by atoms with Gasteiger partial charge in [-0.25, -0.2) is 9.59 Å². The summed E-state index contributed by atoms with van der Waals surface area (Å²) in [5.74, 6) is -3.01. The van der Waals surface area contributed by atoms with Crippen molar-refractivity contribution in [3.8, 4) is 0 Å². The monoisotopic (exact) mass is 662 g/mol. The van der Waals surface area contributed by atoms with E-state index in [0.29, 0.717) is 36.7 Å². The van der Waals surface area contributed by atoms with E-state index in [1.165, 1.54) is 0 Å². The number of allylic oxidation sites excluding steroid dienone is 4. The number of ketones is 1. The molecule has 0 bridgehead atoms. The molecule has 0 saturated heterocycles. The molecule has 8 atom stereocenters. The number of carboxylic acids is 1. The van der Waals surface area contributed by atoms with Gasteiger partial charge in [-0.2, -0.15) is 0 Å². The van der Waals surface area contributed by atoms with Crippen LogP contribution >= 0.6 is 0 Å². The van der Waals surface area contributed by atoms with Gasteiger partial charge in [-0.05, 0) is 70.6 Å². The van der Waals surface area contributed by atoms with Crippen molar-refractivity contribution in [2.75, 3.05) is 0 Å². The third-order valence-electron chi connectivity index (χ3n) is 9.16. The Morgan fingerprint density at radius 1 is 0.915 bits per heavy atom. The molecule has 0 saturated carbocycles. The van der Waals surface area contributed by atoms with E-state index >= 15 is 0 Å². The van der Waals surface area contributed by atoms with Crippen LogP contribution in [0.25, 0.3) is 0 Å². The molecule has 0 spiro atoms. The molecular weight excluding hydrogens is 604 g/mol. The van der Waals surface area contributed by atoms with E-state index in [1.807, 2.05) is 13.8 Å². The van der Waals surface area contributed by atoms with E-state index in [4.69, 9.17) is 14.6 Å². The third kappa shape index (κ3) is 14.7. The summed E-state index contributed by atoms with van der Waals surface area (Å²) >= 11 is 0. The van der Waals surface area contributed by atoms with Crippen molar-refractivity contribution >= 4 is 23.7 Å². The van der Waals surface area contributed by atoms with E-state index in [9.17, 15) is 34.5 Å². The third-order valence-corrected chi connectivity index (χ3v) is 9.16. The summed E-state index contributed by atoms with van der Waals surface area (Å²) in [6.07, 6.45) is 6.05. The zero-order valence-corrected chi connectivity index (χ0v) is 29.4. The van der Waals surface area contributed by atoms with Gasteiger partial charge in [0, 0.05) is 29.9 Å². The van der Waals surface area contributed by atoms with E-state index < -0.39 is 60.6 Å². The van der Waals surface area contributed by atoms with Crippen molar-refractivity contribution in [3.63, 3.8) is 0 Å². The quantitative estimate of drug-likeness (QED) is 0.0580. The smallest absolute Gasteiger partial charge is 0.342 e. The Morgan fingerprint density at radius 3 is 2.11 bits per heavy atom. The van der Waals surface area contributed by atoms with Gasteiger partial charge in [0.2, 0.25) is 0 Å². The predicted molar refractivity (Wildman–Crippen MR) is 180 cm³/mol. The lowest BCUT2D eigenvalue weighted by Crippen LogP contribution is -2.37. The fourth-order valence-electron chi connectivity index (χ4n) is 6.06. The van der Waals surface area contributed by atoms with Gasteiger partial charge in [0.15, 0.2) is 0 Å². The highest BCUT2D eigenvalue weighted by molar-refractivity contribution is 5.96. The molecule has 266 valence electrons. The number of carbonyl (C=O) groups excluding carboxylic acids is 3. The number of hydrogen-bond acceptors (Lipinski definition) is 9. The maximum atomic E-state index is 13.1. The average molecular weight is 663 g/mol. The lowest BCUT2D eigenvalue weighted by Gasteiger charge is -2.29. The molecule has 4 N–H and O–H groups in total. The first-order valence-electron chi connectivity index (χ1n) is 17.0. The molecule has 0 aromatic carbocycles. The molecule has 0 aromatic heterocycles. The van der Waals surface area contributed by atoms with E-state index in [2.05, 4.69) is 26.5 Å². The number of aliphatic carboxylic acids is 1. The SMILES string of the molecule is C=C1OC(=O)C([C@H](O)CC(=O)O[C@H](C)[C@@H](CCC)[C@H](O)CC(=O)[C@@H](C)C(O)CC[C@H](C)C[C@@H](C)CC/C=C(/C=C/C(=O)O)CC)=C1C. The minimum Gasteiger partial charge on any atom is -0.478 e. The molecule has 1 aliphatic heterocycles. The molecule has 0 fully saturated rings. The summed E-state index contributed by atoms with van der Waals surface area (Å²) in [7, 11) is 0. The molecule has 47 heavy (non-hydrogen) atoms. The van der Waals surface area contributed by atoms with Crippen LogP contribution in [-0.2, 0) is 28.7 Å². The van der Waals surface area contributed by atoms with E-state index in [-0.39, 0.29) is 23.5 Å². The standard InChI is InChI=1S/C37H58O10/c1-9-12-29(27(8)46-35(44)21-33(41)36-24(5)26(7)47-37(36)45)32(40)20-31(39)25(6)30(38)17-15-23(4)19-22(3)13-11-14-28(10-2)16-18-34(42)43/h14,16,18,22-23,25,27,29-30,32-33,38,40-41H,7,9-13,15,17,19-21H2,1-6,8H3,(H,42,43)/b18-16+,28-14+/t22-,23-,25-,27+,29+,30?,32+,33+/m0/s1. The zero-order valence-electron chi connectivity index (χ0n) is 29.4. The molecule has 0 aliphatic carbocycles. The number of hydrogen-bond donors (Lipinski definition) is 4.